The monoisotopic (exact) mass is 202 g/mol. The van der Waals surface area contributed by atoms with Crippen molar-refractivity contribution < 1.29 is 4.74 Å². The average molecular weight is 202 g/mol. The first kappa shape index (κ1) is 8.92. The second-order valence-corrected chi connectivity index (χ2v) is 4.02. The Kier molecular flexibility index (Phi) is 1.99. The molecule has 0 aliphatic carbocycles. The van der Waals surface area contributed by atoms with Crippen LogP contribution >= 0.6 is 0 Å². The number of rotatable bonds is 1. The Morgan fingerprint density at radius 2 is 2.27 bits per heavy atom. The summed E-state index contributed by atoms with van der Waals surface area (Å²) in [5, 5.41) is 0. The van der Waals surface area contributed by atoms with E-state index in [-0.39, 0.29) is 6.10 Å². The zero-order valence-corrected chi connectivity index (χ0v) is 8.81. The third-order valence-corrected chi connectivity index (χ3v) is 3.04. The summed E-state index contributed by atoms with van der Waals surface area (Å²) in [7, 11) is 2.06. The van der Waals surface area contributed by atoms with E-state index in [1.807, 2.05) is 18.2 Å². The second kappa shape index (κ2) is 3.35. The minimum atomic E-state index is 0.197. The van der Waals surface area contributed by atoms with Crippen LogP contribution in [0, 0.1) is 0 Å². The molecule has 0 bridgehead atoms. The molecule has 2 heterocycles. The Labute approximate surface area is 88.7 Å². The predicted octanol–water partition coefficient (Wildman–Crippen LogP) is 2.42. The van der Waals surface area contributed by atoms with Gasteiger partial charge in [-0.2, -0.15) is 0 Å². The van der Waals surface area contributed by atoms with Gasteiger partial charge in [-0.15, -0.1) is 0 Å². The number of para-hydroxylation sites is 2. The lowest BCUT2D eigenvalue weighted by molar-refractivity contribution is 0.103. The van der Waals surface area contributed by atoms with E-state index >= 15 is 0 Å². The second-order valence-electron chi connectivity index (χ2n) is 4.02. The number of benzene rings is 1. The molecule has 0 radical (unpaired) electrons. The summed E-state index contributed by atoms with van der Waals surface area (Å²) in [4.78, 5) is 4.63. The van der Waals surface area contributed by atoms with Gasteiger partial charge in [0.15, 0.2) is 0 Å². The predicted molar refractivity (Wildman–Crippen MR) is 58.6 cm³/mol. The Bertz CT molecular complexity index is 483. The van der Waals surface area contributed by atoms with E-state index in [9.17, 15) is 0 Å². The molecule has 1 saturated heterocycles. The summed E-state index contributed by atoms with van der Waals surface area (Å²) in [6.07, 6.45) is 2.44. The number of fused-ring (bicyclic) bond motifs is 1. The Morgan fingerprint density at radius 1 is 1.40 bits per heavy atom. The van der Waals surface area contributed by atoms with Gasteiger partial charge >= 0.3 is 0 Å². The molecule has 15 heavy (non-hydrogen) atoms. The molecule has 1 aliphatic rings. The standard InChI is InChI=1S/C12H14N2O/c1-14-10-6-3-2-5-9(10)13-12(14)11-7-4-8-15-11/h2-3,5-6,11H,4,7-8H2,1H3. The van der Waals surface area contributed by atoms with E-state index in [4.69, 9.17) is 4.74 Å². The van der Waals surface area contributed by atoms with Crippen molar-refractivity contribution in [2.45, 2.75) is 18.9 Å². The Hall–Kier alpha value is -1.35. The first-order valence-electron chi connectivity index (χ1n) is 5.39. The number of nitrogens with zero attached hydrogens (tertiary/aromatic N) is 2. The highest BCUT2D eigenvalue weighted by molar-refractivity contribution is 5.75. The molecule has 78 valence electrons. The number of hydrogen-bond acceptors (Lipinski definition) is 2. The highest BCUT2D eigenvalue weighted by atomic mass is 16.5. The van der Waals surface area contributed by atoms with Gasteiger partial charge in [-0.05, 0) is 25.0 Å². The Morgan fingerprint density at radius 3 is 3.00 bits per heavy atom. The molecule has 1 atom stereocenters. The maximum atomic E-state index is 5.67. The molecule has 1 fully saturated rings. The first-order chi connectivity index (χ1) is 7.36. The summed E-state index contributed by atoms with van der Waals surface area (Å²) in [5.74, 6) is 1.06. The number of imidazole rings is 1. The van der Waals surface area contributed by atoms with Gasteiger partial charge < -0.3 is 9.30 Å². The van der Waals surface area contributed by atoms with Crippen LogP contribution in [-0.2, 0) is 11.8 Å². The molecule has 0 amide bonds. The average Bonchev–Trinajstić information content (AvgIpc) is 2.87. The fourth-order valence-corrected chi connectivity index (χ4v) is 2.23. The topological polar surface area (TPSA) is 27.1 Å². The molecule has 3 nitrogen and oxygen atoms in total. The van der Waals surface area contributed by atoms with Gasteiger partial charge in [-0.3, -0.25) is 0 Å². The van der Waals surface area contributed by atoms with Gasteiger partial charge in [0, 0.05) is 13.7 Å². The van der Waals surface area contributed by atoms with Crippen molar-refractivity contribution in [2.75, 3.05) is 6.61 Å². The van der Waals surface area contributed by atoms with Gasteiger partial charge in [0.2, 0.25) is 0 Å². The van der Waals surface area contributed by atoms with Crippen LogP contribution < -0.4 is 0 Å². The van der Waals surface area contributed by atoms with E-state index < -0.39 is 0 Å². The number of aromatic nitrogens is 2. The SMILES string of the molecule is Cn1c(C2CCCO2)nc2ccccc21. The molecular weight excluding hydrogens is 188 g/mol. The fourth-order valence-electron chi connectivity index (χ4n) is 2.23. The van der Waals surface area contributed by atoms with Crippen molar-refractivity contribution in [3.05, 3.63) is 30.1 Å². The number of ether oxygens (including phenoxy) is 1. The molecule has 1 aromatic heterocycles. The zero-order chi connectivity index (χ0) is 10.3. The van der Waals surface area contributed by atoms with Crippen LogP contribution in [0.3, 0.4) is 0 Å². The van der Waals surface area contributed by atoms with Crippen LogP contribution in [0.2, 0.25) is 0 Å². The summed E-state index contributed by atoms with van der Waals surface area (Å²) >= 11 is 0. The van der Waals surface area contributed by atoms with Crippen molar-refractivity contribution in [2.24, 2.45) is 7.05 Å². The van der Waals surface area contributed by atoms with Crippen LogP contribution in [0.4, 0.5) is 0 Å². The molecule has 0 N–H and O–H groups in total. The van der Waals surface area contributed by atoms with Crippen molar-refractivity contribution in [3.63, 3.8) is 0 Å². The van der Waals surface area contributed by atoms with Gasteiger partial charge in [-0.1, -0.05) is 12.1 Å². The van der Waals surface area contributed by atoms with Gasteiger partial charge in [0.25, 0.3) is 0 Å². The van der Waals surface area contributed by atoms with E-state index in [0.717, 1.165) is 30.8 Å². The molecule has 3 heteroatoms. The summed E-state index contributed by atoms with van der Waals surface area (Å²) in [6, 6.07) is 8.21. The minimum absolute atomic E-state index is 0.197. The van der Waals surface area contributed by atoms with Crippen LogP contribution in [0.1, 0.15) is 24.8 Å². The maximum Gasteiger partial charge on any atom is 0.138 e. The molecule has 2 aromatic rings. The first-order valence-corrected chi connectivity index (χ1v) is 5.39. The zero-order valence-electron chi connectivity index (χ0n) is 8.81. The van der Waals surface area contributed by atoms with Crippen molar-refractivity contribution in [1.29, 1.82) is 0 Å². The molecule has 1 unspecified atom stereocenters. The lowest BCUT2D eigenvalue weighted by Crippen LogP contribution is -2.04. The molecule has 1 aromatic carbocycles. The largest absolute Gasteiger partial charge is 0.370 e. The van der Waals surface area contributed by atoms with Crippen LogP contribution in [-0.4, -0.2) is 16.2 Å². The normalized spacial score (nSPS) is 21.3. The molecule has 3 rings (SSSR count). The van der Waals surface area contributed by atoms with Crippen molar-refractivity contribution in [3.8, 4) is 0 Å². The molecule has 1 aliphatic heterocycles. The fraction of sp³-hybridized carbons (Fsp3) is 0.417. The highest BCUT2D eigenvalue weighted by Crippen LogP contribution is 2.29. The quantitative estimate of drug-likeness (QED) is 0.710. The minimum Gasteiger partial charge on any atom is -0.370 e. The molecule has 0 spiro atoms. The summed E-state index contributed by atoms with van der Waals surface area (Å²) in [6.45, 7) is 0.869. The Balaban J connectivity index is 2.14. The third-order valence-electron chi connectivity index (χ3n) is 3.04. The lowest BCUT2D eigenvalue weighted by atomic mass is 10.2. The molecule has 0 saturated carbocycles. The number of aryl methyl sites for hydroxylation is 1. The van der Waals surface area contributed by atoms with E-state index in [1.54, 1.807) is 0 Å². The maximum absolute atomic E-state index is 5.67. The van der Waals surface area contributed by atoms with Gasteiger partial charge in [0.05, 0.1) is 11.0 Å². The van der Waals surface area contributed by atoms with Gasteiger partial charge in [0.1, 0.15) is 11.9 Å². The van der Waals surface area contributed by atoms with Crippen molar-refractivity contribution in [1.82, 2.24) is 9.55 Å². The summed E-state index contributed by atoms with van der Waals surface area (Å²) in [5.41, 5.74) is 2.24. The smallest absolute Gasteiger partial charge is 0.138 e. The molecular formula is C12H14N2O. The highest BCUT2D eigenvalue weighted by Gasteiger charge is 2.22. The van der Waals surface area contributed by atoms with E-state index in [2.05, 4.69) is 22.7 Å². The van der Waals surface area contributed by atoms with Crippen molar-refractivity contribution >= 4 is 11.0 Å². The van der Waals surface area contributed by atoms with Crippen LogP contribution in [0.15, 0.2) is 24.3 Å². The van der Waals surface area contributed by atoms with E-state index in [0.29, 0.717) is 0 Å². The summed E-state index contributed by atoms with van der Waals surface area (Å²) < 4.78 is 7.81. The van der Waals surface area contributed by atoms with Gasteiger partial charge in [-0.25, -0.2) is 4.98 Å². The van der Waals surface area contributed by atoms with E-state index in [1.165, 1.54) is 5.52 Å². The number of hydrogen-bond donors (Lipinski definition) is 0. The lowest BCUT2D eigenvalue weighted by Gasteiger charge is -2.08. The van der Waals surface area contributed by atoms with Crippen LogP contribution in [0.25, 0.3) is 11.0 Å². The van der Waals surface area contributed by atoms with Crippen LogP contribution in [0.5, 0.6) is 0 Å². The third kappa shape index (κ3) is 1.35.